The average Bonchev–Trinajstić information content (AvgIpc) is 3.28. The van der Waals surface area contributed by atoms with E-state index in [1.165, 1.54) is 56.8 Å². The molecule has 1 heterocycles. The van der Waals surface area contributed by atoms with Crippen molar-refractivity contribution in [3.63, 3.8) is 0 Å². The van der Waals surface area contributed by atoms with Crippen LogP contribution in [-0.4, -0.2) is 41.3 Å². The van der Waals surface area contributed by atoms with Crippen LogP contribution in [0.5, 0.6) is 11.5 Å². The number of hydrogen-bond acceptors (Lipinski definition) is 7. The quantitative estimate of drug-likeness (QED) is 0.471. The molecule has 0 amide bonds. The summed E-state index contributed by atoms with van der Waals surface area (Å²) < 4.78 is 62.9. The Balaban J connectivity index is 1.85. The average molecular weight is 459 g/mol. The van der Waals surface area contributed by atoms with Crippen LogP contribution >= 0.6 is 0 Å². The van der Waals surface area contributed by atoms with Gasteiger partial charge in [-0.25, -0.2) is 16.8 Å². The maximum atomic E-state index is 13.2. The van der Waals surface area contributed by atoms with Gasteiger partial charge in [-0.2, -0.15) is 5.10 Å². The van der Waals surface area contributed by atoms with Crippen LogP contribution in [0.2, 0.25) is 0 Å². The molecule has 0 aliphatic carbocycles. The number of ether oxygens (including phenoxy) is 2. The fourth-order valence-corrected chi connectivity index (χ4v) is 6.07. The summed E-state index contributed by atoms with van der Waals surface area (Å²) in [4.78, 5) is -0.00883. The second-order valence-corrected chi connectivity index (χ2v) is 10.4. The molecular formula is C21H18N2O6S2. The van der Waals surface area contributed by atoms with E-state index < -0.39 is 19.7 Å². The lowest BCUT2D eigenvalue weighted by Gasteiger charge is -2.10. The van der Waals surface area contributed by atoms with Gasteiger partial charge in [0.25, 0.3) is 0 Å². The summed E-state index contributed by atoms with van der Waals surface area (Å²) in [6, 6.07) is 14.5. The van der Waals surface area contributed by atoms with Gasteiger partial charge < -0.3 is 9.47 Å². The number of aromatic nitrogens is 2. The van der Waals surface area contributed by atoms with Gasteiger partial charge in [-0.1, -0.05) is 0 Å². The smallest absolute Gasteiger partial charge is 0.208 e. The lowest BCUT2D eigenvalue weighted by Crippen LogP contribution is -2.06. The number of benzene rings is 3. The van der Waals surface area contributed by atoms with Crippen molar-refractivity contribution in [2.24, 2.45) is 0 Å². The summed E-state index contributed by atoms with van der Waals surface area (Å²) in [5.74, 6) is 1.04. The van der Waals surface area contributed by atoms with Gasteiger partial charge >= 0.3 is 0 Å². The van der Waals surface area contributed by atoms with Crippen molar-refractivity contribution in [2.75, 3.05) is 14.2 Å². The molecule has 4 aromatic rings. The largest absolute Gasteiger partial charge is 0.497 e. The van der Waals surface area contributed by atoms with Crippen molar-refractivity contribution in [2.45, 2.75) is 19.6 Å². The summed E-state index contributed by atoms with van der Waals surface area (Å²) >= 11 is 0. The van der Waals surface area contributed by atoms with Gasteiger partial charge in [0.2, 0.25) is 19.7 Å². The highest BCUT2D eigenvalue weighted by atomic mass is 32.2. The molecule has 3 aromatic carbocycles. The zero-order valence-electron chi connectivity index (χ0n) is 16.6. The summed E-state index contributed by atoms with van der Waals surface area (Å²) in [5.41, 5.74) is 0.116. The summed E-state index contributed by atoms with van der Waals surface area (Å²) in [7, 11) is -4.89. The molecule has 4 rings (SSSR count). The lowest BCUT2D eigenvalue weighted by atomic mass is 10.2. The fourth-order valence-electron chi connectivity index (χ4n) is 3.21. The molecule has 0 bridgehead atoms. The van der Waals surface area contributed by atoms with Gasteiger partial charge in [0.1, 0.15) is 11.5 Å². The van der Waals surface area contributed by atoms with Gasteiger partial charge in [-0.15, -0.1) is 0 Å². The number of sulfone groups is 2. The third kappa shape index (κ3) is 3.53. The standard InChI is InChI=1S/C21H18N2O6S2/c1-28-14-3-7-16(8-4-14)30(24,25)19-11-12-20(21-18(19)13-22-23-21)31(26,27)17-9-5-15(29-2)6-10-17/h3-13H,1-2H3,(H,22,23). The molecule has 160 valence electrons. The molecule has 1 N–H and O–H groups in total. The molecule has 0 aliphatic rings. The molecule has 0 radical (unpaired) electrons. The molecule has 8 nitrogen and oxygen atoms in total. The molecule has 0 saturated carbocycles. The van der Waals surface area contributed by atoms with Crippen molar-refractivity contribution < 1.29 is 26.3 Å². The van der Waals surface area contributed by atoms with E-state index in [0.29, 0.717) is 11.5 Å². The Morgan fingerprint density at radius 3 is 1.61 bits per heavy atom. The van der Waals surface area contributed by atoms with Crippen molar-refractivity contribution in [1.29, 1.82) is 0 Å². The lowest BCUT2D eigenvalue weighted by molar-refractivity contribution is 0.414. The van der Waals surface area contributed by atoms with Gasteiger partial charge in [0.15, 0.2) is 0 Å². The number of nitrogens with zero attached hydrogens (tertiary/aromatic N) is 1. The number of methoxy groups -OCH3 is 2. The van der Waals surface area contributed by atoms with E-state index in [2.05, 4.69) is 10.2 Å². The maximum absolute atomic E-state index is 13.2. The Labute approximate surface area is 179 Å². The van der Waals surface area contributed by atoms with Crippen LogP contribution in [0.15, 0.2) is 86.4 Å². The molecule has 0 atom stereocenters. The second kappa shape index (κ2) is 7.71. The molecular weight excluding hydrogens is 440 g/mol. The number of H-pyrrole nitrogens is 1. The first-order valence-corrected chi connectivity index (χ1v) is 12.0. The molecule has 0 spiro atoms. The van der Waals surface area contributed by atoms with E-state index in [-0.39, 0.29) is 30.5 Å². The topological polar surface area (TPSA) is 115 Å². The molecule has 1 aromatic heterocycles. The Morgan fingerprint density at radius 2 is 1.13 bits per heavy atom. The van der Waals surface area contributed by atoms with E-state index in [4.69, 9.17) is 9.47 Å². The number of hydrogen-bond donors (Lipinski definition) is 1. The van der Waals surface area contributed by atoms with Crippen molar-refractivity contribution in [1.82, 2.24) is 10.2 Å². The van der Waals surface area contributed by atoms with Crippen LogP contribution in [0.3, 0.4) is 0 Å². The first-order chi connectivity index (χ1) is 14.8. The van der Waals surface area contributed by atoms with Gasteiger partial charge in [0.05, 0.1) is 45.5 Å². The SMILES string of the molecule is COc1ccc(S(=O)(=O)c2ccc(S(=O)(=O)c3ccc(OC)cc3)c3[nH]ncc23)cc1. The van der Waals surface area contributed by atoms with Gasteiger partial charge in [0, 0.05) is 5.39 Å². The Bertz CT molecular complexity index is 1350. The number of fused-ring (bicyclic) bond motifs is 1. The van der Waals surface area contributed by atoms with E-state index in [1.807, 2.05) is 0 Å². The summed E-state index contributed by atoms with van der Waals surface area (Å²) in [5, 5.41) is 6.71. The highest BCUT2D eigenvalue weighted by Crippen LogP contribution is 2.34. The minimum Gasteiger partial charge on any atom is -0.497 e. The zero-order chi connectivity index (χ0) is 22.2. The third-order valence-electron chi connectivity index (χ3n) is 4.86. The highest BCUT2D eigenvalue weighted by molar-refractivity contribution is 7.92. The Morgan fingerprint density at radius 1 is 0.677 bits per heavy atom. The van der Waals surface area contributed by atoms with Gasteiger partial charge in [-0.3, -0.25) is 5.10 Å². The Kier molecular flexibility index (Phi) is 5.19. The van der Waals surface area contributed by atoms with E-state index in [0.717, 1.165) is 0 Å². The number of nitrogens with one attached hydrogen (secondary N) is 1. The van der Waals surface area contributed by atoms with Crippen molar-refractivity contribution in [3.8, 4) is 11.5 Å². The van der Waals surface area contributed by atoms with Gasteiger partial charge in [-0.05, 0) is 60.7 Å². The molecule has 0 aliphatic heterocycles. The number of rotatable bonds is 6. The Hall–Kier alpha value is -3.37. The molecule has 0 unspecified atom stereocenters. The molecule has 0 saturated heterocycles. The van der Waals surface area contributed by atoms with Crippen LogP contribution < -0.4 is 9.47 Å². The highest BCUT2D eigenvalue weighted by Gasteiger charge is 2.27. The van der Waals surface area contributed by atoms with Crippen molar-refractivity contribution >= 4 is 30.6 Å². The van der Waals surface area contributed by atoms with Crippen molar-refractivity contribution in [3.05, 3.63) is 66.9 Å². The third-order valence-corrected chi connectivity index (χ3v) is 8.50. The minimum absolute atomic E-state index is 0.0462. The normalized spacial score (nSPS) is 12.1. The van der Waals surface area contributed by atoms with E-state index in [1.54, 1.807) is 24.3 Å². The first-order valence-electron chi connectivity index (χ1n) is 9.03. The van der Waals surface area contributed by atoms with Crippen LogP contribution in [0, 0.1) is 0 Å². The summed E-state index contributed by atoms with van der Waals surface area (Å²) in [6.07, 6.45) is 1.30. The van der Waals surface area contributed by atoms with Crippen LogP contribution in [-0.2, 0) is 19.7 Å². The molecule has 10 heteroatoms. The maximum Gasteiger partial charge on any atom is 0.208 e. The van der Waals surface area contributed by atoms with Crippen LogP contribution in [0.1, 0.15) is 0 Å². The predicted molar refractivity (Wildman–Crippen MR) is 113 cm³/mol. The molecule has 31 heavy (non-hydrogen) atoms. The van der Waals surface area contributed by atoms with Crippen LogP contribution in [0.25, 0.3) is 10.9 Å². The van der Waals surface area contributed by atoms with E-state index in [9.17, 15) is 16.8 Å². The fraction of sp³-hybridized carbons (Fsp3) is 0.0952. The first kappa shape index (κ1) is 20.9. The van der Waals surface area contributed by atoms with Crippen LogP contribution in [0.4, 0.5) is 0 Å². The van der Waals surface area contributed by atoms with E-state index >= 15 is 0 Å². The second-order valence-electron chi connectivity index (χ2n) is 6.58. The predicted octanol–water partition coefficient (Wildman–Crippen LogP) is 3.25. The summed E-state index contributed by atoms with van der Waals surface area (Å²) in [6.45, 7) is 0. The minimum atomic E-state index is -3.93. The zero-order valence-corrected chi connectivity index (χ0v) is 18.2. The monoisotopic (exact) mass is 458 g/mol. The molecule has 0 fully saturated rings. The number of aromatic amines is 1.